The van der Waals surface area contributed by atoms with E-state index in [0.717, 1.165) is 25.1 Å². The average Bonchev–Trinajstić information content (AvgIpc) is 3.26. The van der Waals surface area contributed by atoms with Gasteiger partial charge in [0.1, 0.15) is 5.76 Å². The minimum absolute atomic E-state index is 0.0736. The summed E-state index contributed by atoms with van der Waals surface area (Å²) in [4.78, 5) is 15.0. The fourth-order valence-electron chi connectivity index (χ4n) is 3.95. The van der Waals surface area contributed by atoms with Gasteiger partial charge in [-0.05, 0) is 67.9 Å². The molecule has 0 aliphatic rings. The number of aryl methyl sites for hydroxylation is 1. The maximum absolute atomic E-state index is 12.7. The molecule has 1 N–H and O–H groups in total. The zero-order valence-electron chi connectivity index (χ0n) is 21.6. The number of furan rings is 1. The minimum atomic E-state index is -0.152. The number of rotatable bonds is 10. The average molecular weight is 461 g/mol. The molecule has 0 fully saturated rings. The molecule has 0 spiro atoms. The van der Waals surface area contributed by atoms with E-state index in [1.165, 1.54) is 16.7 Å². The summed E-state index contributed by atoms with van der Waals surface area (Å²) in [6.07, 6.45) is 1.82. The van der Waals surface area contributed by atoms with Gasteiger partial charge in [-0.25, -0.2) is 0 Å². The van der Waals surface area contributed by atoms with Crippen molar-refractivity contribution in [1.82, 2.24) is 10.2 Å². The molecule has 1 atom stereocenters. The molecule has 0 aliphatic carbocycles. The van der Waals surface area contributed by atoms with Gasteiger partial charge in [0.2, 0.25) is 0 Å². The summed E-state index contributed by atoms with van der Waals surface area (Å²) in [6, 6.07) is 23.4. The normalized spacial score (nSPS) is 12.8. The Kier molecular flexibility index (Phi) is 8.73. The number of carbonyl (C=O) groups is 1. The van der Waals surface area contributed by atoms with Gasteiger partial charge in [-0.15, -0.1) is 0 Å². The van der Waals surface area contributed by atoms with E-state index in [4.69, 9.17) is 4.42 Å². The molecule has 1 amide bonds. The molecule has 182 valence electrons. The topological polar surface area (TPSA) is 45.5 Å². The molecule has 0 saturated heterocycles. The van der Waals surface area contributed by atoms with Gasteiger partial charge in [0.25, 0.3) is 5.91 Å². The van der Waals surface area contributed by atoms with Crippen LogP contribution in [-0.4, -0.2) is 22.9 Å². The van der Waals surface area contributed by atoms with Gasteiger partial charge in [0.15, 0.2) is 5.76 Å². The molecule has 0 radical (unpaired) electrons. The lowest BCUT2D eigenvalue weighted by molar-refractivity contribution is 0.0905. The second-order valence-electron chi connectivity index (χ2n) is 10.6. The van der Waals surface area contributed by atoms with E-state index in [2.05, 4.69) is 81.2 Å². The van der Waals surface area contributed by atoms with Gasteiger partial charge >= 0.3 is 0 Å². The van der Waals surface area contributed by atoms with Crippen molar-refractivity contribution in [2.45, 2.75) is 85.0 Å². The highest BCUT2D eigenvalue weighted by atomic mass is 16.4. The quantitative estimate of drug-likeness (QED) is 0.364. The molecule has 3 aromatic rings. The van der Waals surface area contributed by atoms with E-state index in [1.54, 1.807) is 6.07 Å². The van der Waals surface area contributed by atoms with Gasteiger partial charge in [-0.2, -0.15) is 0 Å². The van der Waals surface area contributed by atoms with Gasteiger partial charge in [0, 0.05) is 18.6 Å². The number of amides is 1. The Morgan fingerprint density at radius 1 is 0.882 bits per heavy atom. The molecule has 1 heterocycles. The van der Waals surface area contributed by atoms with Crippen LogP contribution in [0.3, 0.4) is 0 Å². The molecule has 0 aliphatic heterocycles. The Morgan fingerprint density at radius 2 is 1.56 bits per heavy atom. The van der Waals surface area contributed by atoms with Gasteiger partial charge in [-0.1, -0.05) is 75.4 Å². The van der Waals surface area contributed by atoms with E-state index >= 15 is 0 Å². The van der Waals surface area contributed by atoms with Crippen molar-refractivity contribution in [2.24, 2.45) is 0 Å². The van der Waals surface area contributed by atoms with Crippen LogP contribution in [0.4, 0.5) is 0 Å². The lowest BCUT2D eigenvalue weighted by Crippen LogP contribution is -2.32. The SMILES string of the molecule is CC(CCc1ccccc1)NC(=O)c1ccc(CN(Cc2ccc(C(C)(C)C)cc2)C(C)C)o1. The summed E-state index contributed by atoms with van der Waals surface area (Å²) in [6.45, 7) is 14.6. The molecule has 4 nitrogen and oxygen atoms in total. The third kappa shape index (κ3) is 7.59. The Morgan fingerprint density at radius 3 is 2.18 bits per heavy atom. The summed E-state index contributed by atoms with van der Waals surface area (Å²) in [5.74, 6) is 1.03. The first-order valence-electron chi connectivity index (χ1n) is 12.4. The Labute approximate surface area is 205 Å². The smallest absolute Gasteiger partial charge is 0.287 e. The number of hydrogen-bond donors (Lipinski definition) is 1. The van der Waals surface area contributed by atoms with Crippen LogP contribution in [0.15, 0.2) is 71.1 Å². The maximum Gasteiger partial charge on any atom is 0.287 e. The first kappa shape index (κ1) is 25.8. The van der Waals surface area contributed by atoms with Crippen molar-refractivity contribution in [2.75, 3.05) is 0 Å². The number of nitrogens with one attached hydrogen (secondary N) is 1. The van der Waals surface area contributed by atoms with Crippen molar-refractivity contribution in [1.29, 1.82) is 0 Å². The predicted octanol–water partition coefficient (Wildman–Crippen LogP) is 6.74. The zero-order chi connectivity index (χ0) is 24.7. The molecular formula is C30H40N2O2. The van der Waals surface area contributed by atoms with Crippen molar-refractivity contribution >= 4 is 5.91 Å². The standard InChI is InChI=1S/C30H40N2O2/c1-22(2)32(20-25-14-16-26(17-15-25)30(4,5)6)21-27-18-19-28(34-27)29(33)31-23(3)12-13-24-10-8-7-9-11-24/h7-11,14-19,22-23H,12-13,20-21H2,1-6H3,(H,31,33). The van der Waals surface area contributed by atoms with E-state index < -0.39 is 0 Å². The Hall–Kier alpha value is -2.85. The van der Waals surface area contributed by atoms with Gasteiger partial charge < -0.3 is 9.73 Å². The number of hydrogen-bond acceptors (Lipinski definition) is 3. The first-order chi connectivity index (χ1) is 16.1. The van der Waals surface area contributed by atoms with E-state index in [0.29, 0.717) is 18.3 Å². The van der Waals surface area contributed by atoms with Crippen LogP contribution < -0.4 is 5.32 Å². The van der Waals surface area contributed by atoms with Crippen LogP contribution in [-0.2, 0) is 24.9 Å². The zero-order valence-corrected chi connectivity index (χ0v) is 21.6. The first-order valence-corrected chi connectivity index (χ1v) is 12.4. The summed E-state index contributed by atoms with van der Waals surface area (Å²) in [5.41, 5.74) is 4.05. The van der Waals surface area contributed by atoms with Crippen LogP contribution in [0, 0.1) is 0 Å². The highest BCUT2D eigenvalue weighted by Crippen LogP contribution is 2.23. The molecule has 2 aromatic carbocycles. The lowest BCUT2D eigenvalue weighted by Gasteiger charge is -2.26. The fraction of sp³-hybridized carbons (Fsp3) is 0.433. The van der Waals surface area contributed by atoms with E-state index in [1.807, 2.05) is 31.2 Å². The summed E-state index contributed by atoms with van der Waals surface area (Å²) in [7, 11) is 0. The third-order valence-electron chi connectivity index (χ3n) is 6.27. The second kappa shape index (κ2) is 11.5. The van der Waals surface area contributed by atoms with Crippen molar-refractivity contribution in [3.05, 3.63) is 94.9 Å². The molecule has 34 heavy (non-hydrogen) atoms. The van der Waals surface area contributed by atoms with Crippen LogP contribution in [0.1, 0.15) is 81.0 Å². The highest BCUT2D eigenvalue weighted by Gasteiger charge is 2.18. The van der Waals surface area contributed by atoms with Crippen molar-refractivity contribution < 1.29 is 9.21 Å². The fourth-order valence-corrected chi connectivity index (χ4v) is 3.95. The Balaban J connectivity index is 1.55. The largest absolute Gasteiger partial charge is 0.455 e. The molecule has 1 unspecified atom stereocenters. The van der Waals surface area contributed by atoms with Gasteiger partial charge in [0.05, 0.1) is 6.54 Å². The second-order valence-corrected chi connectivity index (χ2v) is 10.6. The third-order valence-corrected chi connectivity index (χ3v) is 6.27. The molecule has 3 rings (SSSR count). The van der Waals surface area contributed by atoms with E-state index in [9.17, 15) is 4.79 Å². The van der Waals surface area contributed by atoms with Crippen LogP contribution in [0.25, 0.3) is 0 Å². The van der Waals surface area contributed by atoms with Crippen molar-refractivity contribution in [3.8, 4) is 0 Å². The van der Waals surface area contributed by atoms with Gasteiger partial charge in [-0.3, -0.25) is 9.69 Å². The monoisotopic (exact) mass is 460 g/mol. The van der Waals surface area contributed by atoms with Crippen LogP contribution in [0.5, 0.6) is 0 Å². The number of benzene rings is 2. The predicted molar refractivity (Wildman–Crippen MR) is 140 cm³/mol. The maximum atomic E-state index is 12.7. The summed E-state index contributed by atoms with van der Waals surface area (Å²) in [5, 5.41) is 3.07. The molecule has 1 aromatic heterocycles. The molecule has 0 saturated carbocycles. The van der Waals surface area contributed by atoms with Crippen LogP contribution >= 0.6 is 0 Å². The lowest BCUT2D eigenvalue weighted by atomic mass is 9.87. The molecular weight excluding hydrogens is 420 g/mol. The highest BCUT2D eigenvalue weighted by molar-refractivity contribution is 5.91. The van der Waals surface area contributed by atoms with E-state index in [-0.39, 0.29) is 17.4 Å². The summed E-state index contributed by atoms with van der Waals surface area (Å²) < 4.78 is 5.94. The summed E-state index contributed by atoms with van der Waals surface area (Å²) >= 11 is 0. The number of carbonyl (C=O) groups excluding carboxylic acids is 1. The van der Waals surface area contributed by atoms with Crippen LogP contribution in [0.2, 0.25) is 0 Å². The molecule has 0 bridgehead atoms. The van der Waals surface area contributed by atoms with Crippen molar-refractivity contribution in [3.63, 3.8) is 0 Å². The number of nitrogens with zero attached hydrogens (tertiary/aromatic N) is 1. The molecule has 4 heteroatoms. The minimum Gasteiger partial charge on any atom is -0.455 e. The Bertz CT molecular complexity index is 1030.